The van der Waals surface area contributed by atoms with Crippen LogP contribution in [0.3, 0.4) is 0 Å². The fraction of sp³-hybridized carbons (Fsp3) is 0.417. The first kappa shape index (κ1) is 14.6. The molecule has 0 aromatic rings. The molecule has 1 aliphatic carbocycles. The molecule has 100 valence electrons. The lowest BCUT2D eigenvalue weighted by Gasteiger charge is -2.25. The number of allylic oxidation sites excluding steroid dienone is 2. The Hall–Kier alpha value is -1.47. The number of carbonyl (C=O) groups is 1. The first-order valence-electron chi connectivity index (χ1n) is 5.27. The molecule has 18 heavy (non-hydrogen) atoms. The molecular weight excluding hydrogens is 240 g/mol. The maximum Gasteiger partial charge on any atom is 0.178 e. The highest BCUT2D eigenvalue weighted by molar-refractivity contribution is 6.09. The molecule has 1 fully saturated rings. The van der Waals surface area contributed by atoms with E-state index < -0.39 is 41.4 Å². The van der Waals surface area contributed by atoms with Gasteiger partial charge in [0.15, 0.2) is 11.4 Å². The summed E-state index contributed by atoms with van der Waals surface area (Å²) in [5, 5.41) is 47.9. The van der Waals surface area contributed by atoms with Gasteiger partial charge in [0.05, 0.1) is 5.92 Å². The van der Waals surface area contributed by atoms with E-state index in [1.165, 1.54) is 6.08 Å². The Balaban J connectivity index is 2.83. The maximum atomic E-state index is 11.3. The van der Waals surface area contributed by atoms with Gasteiger partial charge in [0.1, 0.15) is 24.1 Å². The van der Waals surface area contributed by atoms with Gasteiger partial charge >= 0.3 is 0 Å². The molecule has 0 heterocycles. The lowest BCUT2D eigenvalue weighted by molar-refractivity contribution is -0.135. The van der Waals surface area contributed by atoms with Gasteiger partial charge < -0.3 is 25.5 Å². The third kappa shape index (κ3) is 2.11. The molecule has 0 saturated heterocycles. The van der Waals surface area contributed by atoms with Crippen LogP contribution in [-0.4, -0.2) is 55.2 Å². The van der Waals surface area contributed by atoms with Gasteiger partial charge in [0.25, 0.3) is 0 Å². The number of aliphatic hydroxyl groups is 5. The molecule has 0 aromatic heterocycles. The molecular formula is C12H16O6. The van der Waals surface area contributed by atoms with E-state index in [4.69, 9.17) is 0 Å². The van der Waals surface area contributed by atoms with Crippen molar-refractivity contribution in [3.05, 3.63) is 37.1 Å². The summed E-state index contributed by atoms with van der Waals surface area (Å²) in [5.41, 5.74) is -2.16. The number of hydrogen-bond acceptors (Lipinski definition) is 6. The summed E-state index contributed by atoms with van der Waals surface area (Å²) in [6, 6.07) is 0. The summed E-state index contributed by atoms with van der Waals surface area (Å²) in [7, 11) is 0. The van der Waals surface area contributed by atoms with Crippen molar-refractivity contribution in [2.75, 3.05) is 0 Å². The minimum atomic E-state index is -2.16. The average molecular weight is 256 g/mol. The quantitative estimate of drug-likeness (QED) is 0.232. The topological polar surface area (TPSA) is 118 Å². The highest BCUT2D eigenvalue weighted by atomic mass is 16.4. The van der Waals surface area contributed by atoms with Crippen LogP contribution in [0.15, 0.2) is 37.1 Å². The molecule has 0 amide bonds. The molecule has 1 unspecified atom stereocenters. The van der Waals surface area contributed by atoms with Gasteiger partial charge in [-0.15, -0.1) is 6.58 Å². The van der Waals surface area contributed by atoms with Crippen molar-refractivity contribution in [1.82, 2.24) is 0 Å². The third-order valence-corrected chi connectivity index (χ3v) is 2.99. The lowest BCUT2D eigenvalue weighted by atomic mass is 9.98. The minimum Gasteiger partial charge on any atom is -0.509 e. The fourth-order valence-electron chi connectivity index (χ4n) is 1.78. The van der Waals surface area contributed by atoms with Crippen molar-refractivity contribution in [2.45, 2.75) is 23.9 Å². The zero-order valence-electron chi connectivity index (χ0n) is 9.60. The van der Waals surface area contributed by atoms with Gasteiger partial charge in [-0.05, 0) is 6.08 Å². The molecule has 6 nitrogen and oxygen atoms in total. The normalized spacial score (nSPS) is 32.6. The monoisotopic (exact) mass is 256 g/mol. The minimum absolute atomic E-state index is 0.636. The van der Waals surface area contributed by atoms with E-state index in [9.17, 15) is 30.3 Å². The lowest BCUT2D eigenvalue weighted by Crippen LogP contribution is -2.48. The molecule has 5 N–H and O–H groups in total. The summed E-state index contributed by atoms with van der Waals surface area (Å²) in [4.78, 5) is 11.3. The van der Waals surface area contributed by atoms with Crippen molar-refractivity contribution < 1.29 is 30.3 Å². The first-order valence-corrected chi connectivity index (χ1v) is 5.27. The van der Waals surface area contributed by atoms with Crippen molar-refractivity contribution >= 4 is 5.78 Å². The predicted molar refractivity (Wildman–Crippen MR) is 62.6 cm³/mol. The van der Waals surface area contributed by atoms with Crippen molar-refractivity contribution in [3.8, 4) is 0 Å². The van der Waals surface area contributed by atoms with E-state index in [-0.39, 0.29) is 0 Å². The SMILES string of the molecule is C=CC=C(O)[C@@H](O)[C@@H](O)[C@H](O)[C@@]1(O)C(=O)C1C=C. The van der Waals surface area contributed by atoms with Crippen LogP contribution >= 0.6 is 0 Å². The molecule has 0 spiro atoms. The summed E-state index contributed by atoms with van der Waals surface area (Å²) < 4.78 is 0. The zero-order chi connectivity index (χ0) is 14.1. The van der Waals surface area contributed by atoms with Crippen LogP contribution < -0.4 is 0 Å². The molecule has 6 heteroatoms. The molecule has 1 saturated carbocycles. The van der Waals surface area contributed by atoms with Gasteiger partial charge in [-0.25, -0.2) is 0 Å². The second-order valence-corrected chi connectivity index (χ2v) is 4.11. The summed E-state index contributed by atoms with van der Waals surface area (Å²) in [5.74, 6) is -2.31. The highest BCUT2D eigenvalue weighted by Crippen LogP contribution is 2.43. The van der Waals surface area contributed by atoms with Crippen LogP contribution in [0.1, 0.15) is 0 Å². The Bertz CT molecular complexity index is 401. The summed E-state index contributed by atoms with van der Waals surface area (Å²) in [6.07, 6.45) is -2.35. The maximum absolute atomic E-state index is 11.3. The van der Waals surface area contributed by atoms with E-state index in [2.05, 4.69) is 13.2 Å². The number of aliphatic hydroxyl groups excluding tert-OH is 4. The van der Waals surface area contributed by atoms with Gasteiger partial charge in [-0.2, -0.15) is 0 Å². The number of hydrogen-bond donors (Lipinski definition) is 5. The van der Waals surface area contributed by atoms with E-state index in [1.54, 1.807) is 0 Å². The van der Waals surface area contributed by atoms with Crippen LogP contribution in [0.2, 0.25) is 0 Å². The van der Waals surface area contributed by atoms with Gasteiger partial charge in [0, 0.05) is 0 Å². The molecule has 0 aliphatic heterocycles. The van der Waals surface area contributed by atoms with E-state index in [0.29, 0.717) is 0 Å². The Kier molecular flexibility index (Phi) is 4.08. The second-order valence-electron chi connectivity index (χ2n) is 4.11. The largest absolute Gasteiger partial charge is 0.509 e. The molecule has 0 radical (unpaired) electrons. The van der Waals surface area contributed by atoms with E-state index in [1.807, 2.05) is 0 Å². The Labute approximate surface area is 104 Å². The van der Waals surface area contributed by atoms with Crippen LogP contribution in [-0.2, 0) is 4.79 Å². The van der Waals surface area contributed by atoms with Gasteiger partial charge in [0.2, 0.25) is 0 Å². The fourth-order valence-corrected chi connectivity index (χ4v) is 1.78. The van der Waals surface area contributed by atoms with E-state index >= 15 is 0 Å². The predicted octanol–water partition coefficient (Wildman–Crippen LogP) is -1.19. The third-order valence-electron chi connectivity index (χ3n) is 2.99. The number of rotatable bonds is 6. The summed E-state index contributed by atoms with van der Waals surface area (Å²) in [6.45, 7) is 6.59. The van der Waals surface area contributed by atoms with Crippen LogP contribution in [0.25, 0.3) is 0 Å². The van der Waals surface area contributed by atoms with E-state index in [0.717, 1.165) is 12.2 Å². The molecule has 5 atom stereocenters. The smallest absolute Gasteiger partial charge is 0.178 e. The zero-order valence-corrected chi connectivity index (χ0v) is 9.60. The summed E-state index contributed by atoms with van der Waals surface area (Å²) >= 11 is 0. The molecule has 1 aliphatic rings. The molecule has 0 aromatic carbocycles. The van der Waals surface area contributed by atoms with Crippen molar-refractivity contribution in [2.24, 2.45) is 5.92 Å². The van der Waals surface area contributed by atoms with Gasteiger partial charge in [-0.1, -0.05) is 18.7 Å². The first-order chi connectivity index (χ1) is 8.32. The average Bonchev–Trinajstić information content (AvgIpc) is 2.89. The van der Waals surface area contributed by atoms with Crippen LogP contribution in [0.5, 0.6) is 0 Å². The Morgan fingerprint density at radius 1 is 1.33 bits per heavy atom. The van der Waals surface area contributed by atoms with Crippen LogP contribution in [0.4, 0.5) is 0 Å². The molecule has 1 rings (SSSR count). The highest BCUT2D eigenvalue weighted by Gasteiger charge is 2.68. The van der Waals surface area contributed by atoms with Crippen molar-refractivity contribution in [3.63, 3.8) is 0 Å². The van der Waals surface area contributed by atoms with Crippen LogP contribution in [0, 0.1) is 5.92 Å². The Morgan fingerprint density at radius 3 is 2.28 bits per heavy atom. The van der Waals surface area contributed by atoms with Crippen molar-refractivity contribution in [1.29, 1.82) is 0 Å². The second kappa shape index (κ2) is 5.03. The number of carbonyl (C=O) groups excluding carboxylic acids is 1. The number of ketones is 1. The Morgan fingerprint density at radius 2 is 1.89 bits per heavy atom. The van der Waals surface area contributed by atoms with Gasteiger partial charge in [-0.3, -0.25) is 4.79 Å². The standard InChI is InChI=1S/C12H16O6/c1-3-5-7(13)8(14)9(15)11(17)12(18)6(4-2)10(12)16/h3-6,8-9,11,13-15,17-18H,1-2H2/t6?,8-,9-,11+,12+/m1/s1. The number of Topliss-reactive ketones (excluding diaryl/α,β-unsaturated/α-hetero) is 1. The molecule has 0 bridgehead atoms.